The van der Waals surface area contributed by atoms with Crippen LogP contribution in [0.4, 0.5) is 4.39 Å². The van der Waals surface area contributed by atoms with Gasteiger partial charge in [0.15, 0.2) is 0 Å². The monoisotopic (exact) mass is 226 g/mol. The highest BCUT2D eigenvalue weighted by atomic mass is 18.2. The molecule has 0 aliphatic carbocycles. The molecule has 0 aliphatic rings. The number of carboxylic acid groups (broad SMARTS) is 1. The third kappa shape index (κ3) is 3.20. The summed E-state index contributed by atoms with van der Waals surface area (Å²) in [5.74, 6) is -1.06. The second-order valence-corrected chi connectivity index (χ2v) is 3.55. The van der Waals surface area contributed by atoms with Gasteiger partial charge in [-0.15, -0.1) is 0 Å². The quantitative estimate of drug-likeness (QED) is 0.695. The van der Waals surface area contributed by atoms with Gasteiger partial charge in [0.05, 0.1) is 6.67 Å². The van der Waals surface area contributed by atoms with Gasteiger partial charge in [0.25, 0.3) is 0 Å². The van der Waals surface area contributed by atoms with Crippen molar-refractivity contribution in [1.29, 1.82) is 0 Å². The van der Waals surface area contributed by atoms with Crippen molar-refractivity contribution in [1.82, 2.24) is 0 Å². The summed E-state index contributed by atoms with van der Waals surface area (Å²) in [6.45, 7) is -0.567. The molecule has 0 saturated heterocycles. The SMILES string of the molecule is NC(Cc1ccc(O)c(CC[18F])c1)C(=O)O. The zero-order valence-corrected chi connectivity index (χ0v) is 8.69. The maximum Gasteiger partial charge on any atom is 0.320 e. The number of nitrogens with two attached hydrogens (primary N) is 1. The summed E-state index contributed by atoms with van der Waals surface area (Å²) in [6, 6.07) is 3.61. The van der Waals surface area contributed by atoms with Crippen LogP contribution in [0.2, 0.25) is 0 Å². The molecular formula is C11H14FNO3. The molecule has 88 valence electrons. The lowest BCUT2D eigenvalue weighted by Gasteiger charge is -2.09. The Morgan fingerprint density at radius 1 is 1.50 bits per heavy atom. The normalized spacial score (nSPS) is 12.4. The number of carboxylic acids is 1. The van der Waals surface area contributed by atoms with Gasteiger partial charge in [0.1, 0.15) is 11.8 Å². The van der Waals surface area contributed by atoms with Gasteiger partial charge in [0, 0.05) is 6.42 Å². The highest BCUT2D eigenvalue weighted by molar-refractivity contribution is 5.73. The Balaban J connectivity index is 2.82. The first-order chi connectivity index (χ1) is 7.54. The molecule has 0 heterocycles. The molecule has 0 aromatic heterocycles. The topological polar surface area (TPSA) is 83.5 Å². The minimum atomic E-state index is -1.08. The lowest BCUT2D eigenvalue weighted by Crippen LogP contribution is -2.32. The summed E-state index contributed by atoms with van der Waals surface area (Å²) in [7, 11) is 0. The van der Waals surface area contributed by atoms with Gasteiger partial charge in [-0.25, -0.2) is 0 Å². The predicted octanol–water partition coefficient (Wildman–Crippen LogP) is 0.859. The van der Waals surface area contributed by atoms with E-state index in [0.717, 1.165) is 0 Å². The summed E-state index contributed by atoms with van der Waals surface area (Å²) in [6.07, 6.45) is 0.275. The number of carbonyl (C=O) groups is 1. The third-order valence-electron chi connectivity index (χ3n) is 2.28. The Kier molecular flexibility index (Phi) is 4.25. The van der Waals surface area contributed by atoms with Crippen molar-refractivity contribution in [2.24, 2.45) is 5.73 Å². The summed E-state index contributed by atoms with van der Waals surface area (Å²) in [5, 5.41) is 18.0. The second-order valence-electron chi connectivity index (χ2n) is 3.55. The first kappa shape index (κ1) is 12.4. The molecule has 16 heavy (non-hydrogen) atoms. The number of phenolic OH excluding ortho intramolecular Hbond substituents is 1. The van der Waals surface area contributed by atoms with Crippen LogP contribution in [-0.4, -0.2) is 28.9 Å². The van der Waals surface area contributed by atoms with E-state index in [4.69, 9.17) is 10.8 Å². The van der Waals surface area contributed by atoms with Gasteiger partial charge in [0.2, 0.25) is 0 Å². The van der Waals surface area contributed by atoms with E-state index in [9.17, 15) is 14.3 Å². The number of rotatable bonds is 5. The summed E-state index contributed by atoms with van der Waals surface area (Å²) in [5.41, 5.74) is 6.52. The van der Waals surface area contributed by atoms with Crippen molar-refractivity contribution in [3.8, 4) is 5.75 Å². The van der Waals surface area contributed by atoms with Crippen molar-refractivity contribution in [3.05, 3.63) is 29.3 Å². The van der Waals surface area contributed by atoms with Gasteiger partial charge in [-0.2, -0.15) is 0 Å². The Bertz CT molecular complexity index is 381. The molecule has 0 radical (unpaired) electrons. The molecule has 5 heteroatoms. The molecule has 1 atom stereocenters. The van der Waals surface area contributed by atoms with E-state index < -0.39 is 18.7 Å². The molecule has 1 aromatic rings. The van der Waals surface area contributed by atoms with E-state index >= 15 is 0 Å². The van der Waals surface area contributed by atoms with E-state index in [0.29, 0.717) is 11.1 Å². The lowest BCUT2D eigenvalue weighted by molar-refractivity contribution is -0.138. The zero-order valence-electron chi connectivity index (χ0n) is 8.69. The Morgan fingerprint density at radius 2 is 2.19 bits per heavy atom. The number of aryl methyl sites for hydroxylation is 1. The number of halogens is 1. The summed E-state index contributed by atoms with van der Waals surface area (Å²) >= 11 is 0. The fraction of sp³-hybridized carbons (Fsp3) is 0.364. The molecule has 0 spiro atoms. The van der Waals surface area contributed by atoms with Crippen molar-refractivity contribution < 1.29 is 19.4 Å². The van der Waals surface area contributed by atoms with E-state index in [1.807, 2.05) is 0 Å². The van der Waals surface area contributed by atoms with Crippen LogP contribution in [0.25, 0.3) is 0 Å². The Morgan fingerprint density at radius 3 is 2.75 bits per heavy atom. The van der Waals surface area contributed by atoms with E-state index in [-0.39, 0.29) is 18.6 Å². The van der Waals surface area contributed by atoms with Gasteiger partial charge < -0.3 is 15.9 Å². The molecular weight excluding hydrogens is 212 g/mol. The molecule has 4 N–H and O–H groups in total. The Labute approximate surface area is 92.5 Å². The summed E-state index contributed by atoms with van der Waals surface area (Å²) < 4.78 is 12.2. The minimum Gasteiger partial charge on any atom is -0.508 e. The number of hydrogen-bond acceptors (Lipinski definition) is 3. The van der Waals surface area contributed by atoms with Gasteiger partial charge in [-0.3, -0.25) is 9.18 Å². The molecule has 4 nitrogen and oxygen atoms in total. The fourth-order valence-electron chi connectivity index (χ4n) is 1.41. The van der Waals surface area contributed by atoms with Crippen molar-refractivity contribution in [2.45, 2.75) is 18.9 Å². The van der Waals surface area contributed by atoms with Crippen molar-refractivity contribution in [3.63, 3.8) is 0 Å². The number of alkyl halides is 1. The van der Waals surface area contributed by atoms with E-state index in [1.54, 1.807) is 12.1 Å². The molecule has 0 saturated carbocycles. The molecule has 1 aromatic carbocycles. The van der Waals surface area contributed by atoms with Crippen LogP contribution in [0, 0.1) is 0 Å². The van der Waals surface area contributed by atoms with Crippen LogP contribution in [0.1, 0.15) is 11.1 Å². The van der Waals surface area contributed by atoms with Crippen LogP contribution in [-0.2, 0) is 17.6 Å². The first-order valence-electron chi connectivity index (χ1n) is 4.89. The highest BCUT2D eigenvalue weighted by Gasteiger charge is 2.13. The van der Waals surface area contributed by atoms with E-state index in [2.05, 4.69) is 0 Å². The van der Waals surface area contributed by atoms with Gasteiger partial charge in [-0.05, 0) is 23.6 Å². The van der Waals surface area contributed by atoms with Crippen molar-refractivity contribution in [2.75, 3.05) is 6.67 Å². The number of benzene rings is 1. The first-order valence-corrected chi connectivity index (χ1v) is 4.89. The van der Waals surface area contributed by atoms with Crippen LogP contribution >= 0.6 is 0 Å². The number of phenols is 1. The van der Waals surface area contributed by atoms with Gasteiger partial charge >= 0.3 is 5.97 Å². The summed E-state index contributed by atoms with van der Waals surface area (Å²) in [4.78, 5) is 10.5. The number of aromatic hydroxyl groups is 1. The molecule has 0 bridgehead atoms. The van der Waals surface area contributed by atoms with Crippen LogP contribution in [0.3, 0.4) is 0 Å². The van der Waals surface area contributed by atoms with E-state index in [1.165, 1.54) is 6.07 Å². The highest BCUT2D eigenvalue weighted by Crippen LogP contribution is 2.19. The fourth-order valence-corrected chi connectivity index (χ4v) is 1.41. The molecule has 0 aliphatic heterocycles. The second kappa shape index (κ2) is 5.46. The predicted molar refractivity (Wildman–Crippen MR) is 57.1 cm³/mol. The molecule has 0 amide bonds. The molecule has 0 fully saturated rings. The smallest absolute Gasteiger partial charge is 0.320 e. The molecule has 1 rings (SSSR count). The molecule has 1 unspecified atom stereocenters. The average molecular weight is 226 g/mol. The zero-order chi connectivity index (χ0) is 12.1. The van der Waals surface area contributed by atoms with Crippen LogP contribution in [0.15, 0.2) is 18.2 Å². The Hall–Kier alpha value is -1.62. The average Bonchev–Trinajstić information content (AvgIpc) is 2.23. The standard InChI is InChI=1S/C11H14FNO3/c12-4-3-8-5-7(1-2-10(8)14)6-9(13)11(15)16/h1-2,5,9,14H,3-4,6,13H2,(H,15,16)/i12-1. The maximum absolute atomic E-state index is 12.2. The third-order valence-corrected chi connectivity index (χ3v) is 2.28. The number of aliphatic carboxylic acids is 1. The van der Waals surface area contributed by atoms with Crippen molar-refractivity contribution >= 4 is 5.97 Å². The van der Waals surface area contributed by atoms with Crippen LogP contribution in [0.5, 0.6) is 5.75 Å². The number of hydrogen-bond donors (Lipinski definition) is 3. The maximum atomic E-state index is 12.2. The lowest BCUT2D eigenvalue weighted by atomic mass is 10.0. The van der Waals surface area contributed by atoms with Crippen LogP contribution < -0.4 is 5.73 Å². The largest absolute Gasteiger partial charge is 0.508 e. The minimum absolute atomic E-state index is 0.0188. The van der Waals surface area contributed by atoms with Gasteiger partial charge in [-0.1, -0.05) is 12.1 Å².